The number of hydrogen-bond acceptors (Lipinski definition) is 3. The summed E-state index contributed by atoms with van der Waals surface area (Å²) in [6.07, 6.45) is 7.27. The molecule has 0 saturated heterocycles. The second kappa shape index (κ2) is 5.64. The summed E-state index contributed by atoms with van der Waals surface area (Å²) in [7, 11) is 0. The van der Waals surface area contributed by atoms with Crippen LogP contribution in [0.5, 0.6) is 0 Å². The van der Waals surface area contributed by atoms with Gasteiger partial charge in [-0.1, -0.05) is 19.3 Å². The van der Waals surface area contributed by atoms with Gasteiger partial charge in [-0.25, -0.2) is 0 Å². The Morgan fingerprint density at radius 1 is 1.12 bits per heavy atom. The fourth-order valence-corrected chi connectivity index (χ4v) is 2.26. The van der Waals surface area contributed by atoms with Crippen LogP contribution in [-0.2, 0) is 4.79 Å². The van der Waals surface area contributed by atoms with Gasteiger partial charge in [0, 0.05) is 12.1 Å². The highest BCUT2D eigenvalue weighted by molar-refractivity contribution is 5.78. The van der Waals surface area contributed by atoms with Crippen LogP contribution in [0.3, 0.4) is 0 Å². The van der Waals surface area contributed by atoms with Crippen LogP contribution < -0.4 is 10.6 Å². The quantitative estimate of drug-likeness (QED) is 0.613. The van der Waals surface area contributed by atoms with Crippen molar-refractivity contribution in [2.24, 2.45) is 0 Å². The Morgan fingerprint density at radius 2 is 1.88 bits per heavy atom. The fraction of sp³-hybridized carbons (Fsp3) is 0.917. The average molecular weight is 226 g/mol. The summed E-state index contributed by atoms with van der Waals surface area (Å²) < 4.78 is 0. The largest absolute Gasteiger partial charge is 0.392 e. The molecule has 4 heteroatoms. The van der Waals surface area contributed by atoms with Crippen LogP contribution in [0.2, 0.25) is 0 Å². The summed E-state index contributed by atoms with van der Waals surface area (Å²) in [6.45, 7) is 0.345. The van der Waals surface area contributed by atoms with E-state index in [2.05, 4.69) is 10.6 Å². The molecular weight excluding hydrogens is 204 g/mol. The number of hydrogen-bond donors (Lipinski definition) is 3. The Bertz CT molecular complexity index is 241. The lowest BCUT2D eigenvalue weighted by Gasteiger charge is -2.21. The van der Waals surface area contributed by atoms with E-state index in [1.54, 1.807) is 0 Å². The molecule has 0 aromatic carbocycles. The first-order valence-electron chi connectivity index (χ1n) is 6.46. The summed E-state index contributed by atoms with van der Waals surface area (Å²) in [5.74, 6) is 0.0685. The number of aliphatic hydroxyl groups excluding tert-OH is 1. The van der Waals surface area contributed by atoms with Crippen molar-refractivity contribution in [3.8, 4) is 0 Å². The molecule has 2 aliphatic carbocycles. The Kier molecular flexibility index (Phi) is 4.18. The zero-order valence-electron chi connectivity index (χ0n) is 9.74. The molecule has 0 spiro atoms. The molecule has 2 fully saturated rings. The molecule has 92 valence electrons. The minimum atomic E-state index is -0.281. The third-order valence-corrected chi connectivity index (χ3v) is 3.45. The molecule has 0 aromatic heterocycles. The van der Waals surface area contributed by atoms with Crippen molar-refractivity contribution in [3.63, 3.8) is 0 Å². The van der Waals surface area contributed by atoms with Crippen molar-refractivity contribution >= 4 is 5.91 Å². The van der Waals surface area contributed by atoms with Crippen LogP contribution in [0, 0.1) is 0 Å². The van der Waals surface area contributed by atoms with Gasteiger partial charge in [0.2, 0.25) is 5.91 Å². The monoisotopic (exact) mass is 226 g/mol. The molecule has 2 rings (SSSR count). The Hall–Kier alpha value is -0.610. The van der Waals surface area contributed by atoms with E-state index in [0.717, 1.165) is 38.5 Å². The van der Waals surface area contributed by atoms with E-state index in [-0.39, 0.29) is 18.1 Å². The van der Waals surface area contributed by atoms with E-state index in [1.165, 1.54) is 6.42 Å². The zero-order chi connectivity index (χ0) is 11.4. The first kappa shape index (κ1) is 11.9. The number of amides is 1. The topological polar surface area (TPSA) is 61.4 Å². The van der Waals surface area contributed by atoms with Crippen LogP contribution in [0.1, 0.15) is 44.9 Å². The number of carbonyl (C=O) groups is 1. The lowest BCUT2D eigenvalue weighted by Crippen LogP contribution is -2.44. The second-order valence-corrected chi connectivity index (χ2v) is 5.03. The third-order valence-electron chi connectivity index (χ3n) is 3.45. The van der Waals surface area contributed by atoms with Gasteiger partial charge < -0.3 is 15.7 Å². The molecule has 2 atom stereocenters. The molecule has 16 heavy (non-hydrogen) atoms. The summed E-state index contributed by atoms with van der Waals surface area (Å²) in [4.78, 5) is 11.5. The SMILES string of the molecule is O=C(CNC1CCCCCC1O)NC1CC1. The number of nitrogens with one attached hydrogen (secondary N) is 2. The molecule has 4 nitrogen and oxygen atoms in total. The molecule has 0 bridgehead atoms. The summed E-state index contributed by atoms with van der Waals surface area (Å²) >= 11 is 0. The van der Waals surface area contributed by atoms with Crippen LogP contribution >= 0.6 is 0 Å². The van der Waals surface area contributed by atoms with Crippen LogP contribution in [0.15, 0.2) is 0 Å². The molecule has 0 radical (unpaired) electrons. The van der Waals surface area contributed by atoms with Gasteiger partial charge in [0.15, 0.2) is 0 Å². The van der Waals surface area contributed by atoms with Crippen molar-refractivity contribution < 1.29 is 9.90 Å². The fourth-order valence-electron chi connectivity index (χ4n) is 2.26. The predicted molar refractivity (Wildman–Crippen MR) is 62.0 cm³/mol. The Balaban J connectivity index is 1.67. The average Bonchev–Trinajstić information content (AvgIpc) is 3.05. The van der Waals surface area contributed by atoms with Gasteiger partial charge in [-0.05, 0) is 25.7 Å². The standard InChI is InChI=1S/C12H22N2O2/c15-11-5-3-1-2-4-10(11)13-8-12(16)14-9-6-7-9/h9-11,13,15H,1-8H2,(H,14,16). The molecule has 3 N–H and O–H groups in total. The van der Waals surface area contributed by atoms with Crippen LogP contribution in [-0.4, -0.2) is 35.7 Å². The van der Waals surface area contributed by atoms with Gasteiger partial charge in [-0.3, -0.25) is 4.79 Å². The highest BCUT2D eigenvalue weighted by Crippen LogP contribution is 2.19. The van der Waals surface area contributed by atoms with Crippen molar-refractivity contribution in [1.29, 1.82) is 0 Å². The summed E-state index contributed by atoms with van der Waals surface area (Å²) in [6, 6.07) is 0.529. The number of carbonyl (C=O) groups excluding carboxylic acids is 1. The Morgan fingerprint density at radius 3 is 2.62 bits per heavy atom. The van der Waals surface area contributed by atoms with E-state index in [0.29, 0.717) is 12.6 Å². The predicted octanol–water partition coefficient (Wildman–Crippen LogP) is 0.548. The second-order valence-electron chi connectivity index (χ2n) is 5.03. The maximum absolute atomic E-state index is 11.5. The maximum Gasteiger partial charge on any atom is 0.234 e. The highest BCUT2D eigenvalue weighted by Gasteiger charge is 2.25. The number of aliphatic hydroxyl groups is 1. The van der Waals surface area contributed by atoms with Gasteiger partial charge in [0.05, 0.1) is 12.6 Å². The minimum Gasteiger partial charge on any atom is -0.392 e. The van der Waals surface area contributed by atoms with E-state index in [9.17, 15) is 9.90 Å². The van der Waals surface area contributed by atoms with Crippen molar-refractivity contribution in [2.75, 3.05) is 6.54 Å². The Labute approximate surface area is 96.8 Å². The van der Waals surface area contributed by atoms with Gasteiger partial charge in [-0.15, -0.1) is 0 Å². The molecule has 2 aliphatic rings. The molecule has 0 aliphatic heterocycles. The smallest absolute Gasteiger partial charge is 0.234 e. The lowest BCUT2D eigenvalue weighted by molar-refractivity contribution is -0.120. The first-order valence-corrected chi connectivity index (χ1v) is 6.46. The van der Waals surface area contributed by atoms with Gasteiger partial charge in [-0.2, -0.15) is 0 Å². The molecule has 0 aromatic rings. The first-order chi connectivity index (χ1) is 7.75. The summed E-state index contributed by atoms with van der Waals surface area (Å²) in [5.41, 5.74) is 0. The van der Waals surface area contributed by atoms with Crippen molar-refractivity contribution in [3.05, 3.63) is 0 Å². The normalized spacial score (nSPS) is 30.8. The number of rotatable bonds is 4. The van der Waals surface area contributed by atoms with E-state index < -0.39 is 0 Å². The van der Waals surface area contributed by atoms with Gasteiger partial charge in [0.25, 0.3) is 0 Å². The molecule has 2 unspecified atom stereocenters. The third kappa shape index (κ3) is 3.76. The van der Waals surface area contributed by atoms with Crippen LogP contribution in [0.25, 0.3) is 0 Å². The molecule has 2 saturated carbocycles. The molecule has 1 amide bonds. The van der Waals surface area contributed by atoms with Gasteiger partial charge >= 0.3 is 0 Å². The van der Waals surface area contributed by atoms with Crippen LogP contribution in [0.4, 0.5) is 0 Å². The van der Waals surface area contributed by atoms with Crippen molar-refractivity contribution in [2.45, 2.75) is 63.1 Å². The molecule has 0 heterocycles. The van der Waals surface area contributed by atoms with Crippen molar-refractivity contribution in [1.82, 2.24) is 10.6 Å². The van der Waals surface area contributed by atoms with E-state index in [4.69, 9.17) is 0 Å². The minimum absolute atomic E-state index is 0.0685. The van der Waals surface area contributed by atoms with Gasteiger partial charge in [0.1, 0.15) is 0 Å². The lowest BCUT2D eigenvalue weighted by atomic mass is 10.1. The maximum atomic E-state index is 11.5. The van der Waals surface area contributed by atoms with E-state index in [1.807, 2.05) is 0 Å². The van der Waals surface area contributed by atoms with E-state index >= 15 is 0 Å². The zero-order valence-corrected chi connectivity index (χ0v) is 9.74. The summed E-state index contributed by atoms with van der Waals surface area (Å²) in [5, 5.41) is 16.0. The highest BCUT2D eigenvalue weighted by atomic mass is 16.3. The molecular formula is C12H22N2O2.